The van der Waals surface area contributed by atoms with Gasteiger partial charge < -0.3 is 26.0 Å². The molecule has 1 aliphatic rings. The number of benzene rings is 2. The van der Waals surface area contributed by atoms with Crippen molar-refractivity contribution in [2.24, 2.45) is 0 Å². The van der Waals surface area contributed by atoms with E-state index in [1.54, 1.807) is 25.3 Å². The fourth-order valence-electron chi connectivity index (χ4n) is 3.79. The van der Waals surface area contributed by atoms with Crippen molar-refractivity contribution in [1.82, 2.24) is 15.3 Å². The number of fused-ring (bicyclic) bond motifs is 1. The Morgan fingerprint density at radius 2 is 2.16 bits per heavy atom. The molecule has 31 heavy (non-hydrogen) atoms. The van der Waals surface area contributed by atoms with Crippen LogP contribution in [0, 0.1) is 11.3 Å². The monoisotopic (exact) mass is 417 g/mol. The van der Waals surface area contributed by atoms with Crippen molar-refractivity contribution in [3.8, 4) is 11.8 Å². The predicted octanol–water partition coefficient (Wildman–Crippen LogP) is 2.55. The molecule has 1 unspecified atom stereocenters. The van der Waals surface area contributed by atoms with Gasteiger partial charge >= 0.3 is 0 Å². The molecule has 1 aliphatic heterocycles. The largest absolute Gasteiger partial charge is 0.494 e. The highest BCUT2D eigenvalue weighted by Gasteiger charge is 2.26. The number of para-hydroxylation sites is 1. The van der Waals surface area contributed by atoms with E-state index in [0.717, 1.165) is 24.2 Å². The van der Waals surface area contributed by atoms with Gasteiger partial charge in [0.1, 0.15) is 23.2 Å². The number of nitriles is 1. The van der Waals surface area contributed by atoms with Crippen LogP contribution in [0.2, 0.25) is 0 Å². The summed E-state index contributed by atoms with van der Waals surface area (Å²) in [4.78, 5) is 23.0. The number of hydrogen-bond donors (Lipinski definition) is 3. The lowest BCUT2D eigenvalue weighted by Crippen LogP contribution is -2.35. The Kier molecular flexibility index (Phi) is 5.45. The van der Waals surface area contributed by atoms with Crippen LogP contribution in [0.15, 0.2) is 36.4 Å². The van der Waals surface area contributed by atoms with E-state index in [0.29, 0.717) is 40.7 Å². The van der Waals surface area contributed by atoms with Crippen LogP contribution in [0.1, 0.15) is 18.9 Å². The molecule has 158 valence electrons. The number of rotatable bonds is 5. The molecule has 0 saturated carbocycles. The van der Waals surface area contributed by atoms with Crippen LogP contribution in [0.5, 0.6) is 5.75 Å². The molecule has 1 fully saturated rings. The van der Waals surface area contributed by atoms with Crippen LogP contribution in [0.25, 0.3) is 10.9 Å². The Morgan fingerprint density at radius 3 is 2.90 bits per heavy atom. The Bertz CT molecular complexity index is 1190. The Labute approximate surface area is 179 Å². The summed E-state index contributed by atoms with van der Waals surface area (Å²) in [7, 11) is 1.60. The molecule has 0 bridgehead atoms. The Balaban J connectivity index is 1.75. The number of nitrogens with two attached hydrogens (primary N) is 1. The lowest BCUT2D eigenvalue weighted by atomic mass is 10.2. The number of anilines is 4. The molecule has 9 heteroatoms. The zero-order chi connectivity index (χ0) is 22.0. The van der Waals surface area contributed by atoms with Gasteiger partial charge in [-0.05, 0) is 36.8 Å². The van der Waals surface area contributed by atoms with Crippen LogP contribution < -0.4 is 26.0 Å². The molecule has 0 spiro atoms. The molecule has 2 aromatic carbocycles. The Morgan fingerprint density at radius 1 is 1.32 bits per heavy atom. The quantitative estimate of drug-likeness (QED) is 0.540. The standard InChI is InChI=1S/C22H23N7O2/c1-13(30)25-16-8-9-29(12-16)21-17-4-3-5-19(31-2)20(17)27-22(28-21)26-15-6-7-18(24)14(10-15)11-23/h3-7,10,16H,8-9,12,24H2,1-2H3,(H,25,30)(H,26,27,28). The van der Waals surface area contributed by atoms with E-state index in [1.165, 1.54) is 6.92 Å². The Hall–Kier alpha value is -4.06. The first-order chi connectivity index (χ1) is 15.0. The van der Waals surface area contributed by atoms with Gasteiger partial charge in [0.05, 0.1) is 12.7 Å². The van der Waals surface area contributed by atoms with Crippen molar-refractivity contribution in [2.45, 2.75) is 19.4 Å². The lowest BCUT2D eigenvalue weighted by Gasteiger charge is -2.21. The van der Waals surface area contributed by atoms with Crippen LogP contribution in [0.4, 0.5) is 23.1 Å². The third-order valence-electron chi connectivity index (χ3n) is 5.21. The predicted molar refractivity (Wildman–Crippen MR) is 119 cm³/mol. The molecule has 1 amide bonds. The molecule has 3 aromatic rings. The number of carbonyl (C=O) groups excluding carboxylic acids is 1. The highest BCUT2D eigenvalue weighted by atomic mass is 16.5. The maximum atomic E-state index is 11.5. The number of methoxy groups -OCH3 is 1. The summed E-state index contributed by atoms with van der Waals surface area (Å²) in [5.41, 5.74) is 7.95. The summed E-state index contributed by atoms with van der Waals surface area (Å²) in [6, 6.07) is 13.0. The third kappa shape index (κ3) is 4.14. The SMILES string of the molecule is COc1cccc2c(N3CCC(NC(C)=O)C3)nc(Nc3ccc(N)c(C#N)c3)nc12. The van der Waals surface area contributed by atoms with Crippen molar-refractivity contribution < 1.29 is 9.53 Å². The molecule has 4 rings (SSSR count). The highest BCUT2D eigenvalue weighted by Crippen LogP contribution is 2.33. The van der Waals surface area contributed by atoms with Gasteiger partial charge in [-0.2, -0.15) is 10.2 Å². The maximum Gasteiger partial charge on any atom is 0.229 e. The molecule has 9 nitrogen and oxygen atoms in total. The summed E-state index contributed by atoms with van der Waals surface area (Å²) >= 11 is 0. The number of carbonyl (C=O) groups is 1. The summed E-state index contributed by atoms with van der Waals surface area (Å²) in [5, 5.41) is 16.3. The topological polar surface area (TPSA) is 129 Å². The van der Waals surface area contributed by atoms with E-state index in [9.17, 15) is 10.1 Å². The number of hydrogen-bond acceptors (Lipinski definition) is 8. The third-order valence-corrected chi connectivity index (χ3v) is 5.21. The van der Waals surface area contributed by atoms with Crippen molar-refractivity contribution in [3.63, 3.8) is 0 Å². The average molecular weight is 417 g/mol. The fourth-order valence-corrected chi connectivity index (χ4v) is 3.79. The summed E-state index contributed by atoms with van der Waals surface area (Å²) in [6.07, 6.45) is 0.835. The van der Waals surface area contributed by atoms with Crippen molar-refractivity contribution in [1.29, 1.82) is 5.26 Å². The van der Waals surface area contributed by atoms with Crippen LogP contribution >= 0.6 is 0 Å². The second-order valence-electron chi connectivity index (χ2n) is 7.40. The average Bonchev–Trinajstić information content (AvgIpc) is 3.21. The van der Waals surface area contributed by atoms with E-state index in [2.05, 4.69) is 26.6 Å². The van der Waals surface area contributed by atoms with E-state index in [4.69, 9.17) is 15.5 Å². The summed E-state index contributed by atoms with van der Waals surface area (Å²) in [6.45, 7) is 2.94. The summed E-state index contributed by atoms with van der Waals surface area (Å²) < 4.78 is 5.52. The van der Waals surface area contributed by atoms with Gasteiger partial charge in [-0.1, -0.05) is 6.07 Å². The molecule has 4 N–H and O–H groups in total. The van der Waals surface area contributed by atoms with Gasteiger partial charge in [-0.25, -0.2) is 4.98 Å². The normalized spacial score (nSPS) is 15.5. The number of nitrogens with zero attached hydrogens (tertiary/aromatic N) is 4. The smallest absolute Gasteiger partial charge is 0.229 e. The molecule has 1 aromatic heterocycles. The van der Waals surface area contributed by atoms with Gasteiger partial charge in [0.2, 0.25) is 11.9 Å². The number of nitrogens with one attached hydrogen (secondary N) is 2. The first kappa shape index (κ1) is 20.2. The van der Waals surface area contributed by atoms with Crippen molar-refractivity contribution in [2.75, 3.05) is 36.1 Å². The molecule has 1 atom stereocenters. The van der Waals surface area contributed by atoms with Gasteiger partial charge in [0, 0.05) is 42.8 Å². The fraction of sp³-hybridized carbons (Fsp3) is 0.273. The minimum atomic E-state index is -0.0416. The van der Waals surface area contributed by atoms with Crippen LogP contribution in [-0.4, -0.2) is 42.1 Å². The zero-order valence-corrected chi connectivity index (χ0v) is 17.3. The number of ether oxygens (including phenoxy) is 1. The van der Waals surface area contributed by atoms with E-state index in [-0.39, 0.29) is 11.9 Å². The molecule has 0 radical (unpaired) electrons. The second kappa shape index (κ2) is 8.36. The van der Waals surface area contributed by atoms with Gasteiger partial charge in [0.15, 0.2) is 0 Å². The highest BCUT2D eigenvalue weighted by molar-refractivity contribution is 5.94. The van der Waals surface area contributed by atoms with Gasteiger partial charge in [0.25, 0.3) is 0 Å². The van der Waals surface area contributed by atoms with E-state index < -0.39 is 0 Å². The first-order valence-electron chi connectivity index (χ1n) is 9.92. The van der Waals surface area contributed by atoms with E-state index >= 15 is 0 Å². The van der Waals surface area contributed by atoms with Crippen LogP contribution in [-0.2, 0) is 4.79 Å². The van der Waals surface area contributed by atoms with Crippen molar-refractivity contribution >= 4 is 40.0 Å². The minimum Gasteiger partial charge on any atom is -0.494 e. The number of amides is 1. The number of nitrogen functional groups attached to an aromatic ring is 1. The molecule has 2 heterocycles. The zero-order valence-electron chi connectivity index (χ0n) is 17.3. The van der Waals surface area contributed by atoms with E-state index in [1.807, 2.05) is 18.2 Å². The maximum absolute atomic E-state index is 11.5. The summed E-state index contributed by atoms with van der Waals surface area (Å²) in [5.74, 6) is 1.73. The van der Waals surface area contributed by atoms with Crippen molar-refractivity contribution in [3.05, 3.63) is 42.0 Å². The second-order valence-corrected chi connectivity index (χ2v) is 7.40. The van der Waals surface area contributed by atoms with Gasteiger partial charge in [-0.3, -0.25) is 4.79 Å². The minimum absolute atomic E-state index is 0.0416. The molecular formula is C22H23N7O2. The molecule has 0 aliphatic carbocycles. The molecule has 1 saturated heterocycles. The number of aromatic nitrogens is 2. The van der Waals surface area contributed by atoms with Gasteiger partial charge in [-0.15, -0.1) is 0 Å². The molecular weight excluding hydrogens is 394 g/mol. The lowest BCUT2D eigenvalue weighted by molar-refractivity contribution is -0.119. The first-order valence-corrected chi connectivity index (χ1v) is 9.92. The van der Waals surface area contributed by atoms with Crippen LogP contribution in [0.3, 0.4) is 0 Å².